The standard InChI is InChI=1S/2C9H13.2ClH.Hf/c2*1-7(2)9-5-4-8(3)6-9;;;/h2*4-7H,1-3H3;2*1H;/q;;;;+2/p-2. The van der Waals surface area contributed by atoms with Gasteiger partial charge in [0.15, 0.2) is 0 Å². The van der Waals surface area contributed by atoms with Crippen molar-refractivity contribution in [2.75, 3.05) is 0 Å². The molecule has 2 unspecified atom stereocenters. The summed E-state index contributed by atoms with van der Waals surface area (Å²) in [5, 5.41) is 0. The first-order valence-electron chi connectivity index (χ1n) is 7.36. The summed E-state index contributed by atoms with van der Waals surface area (Å²) in [7, 11) is 0. The van der Waals surface area contributed by atoms with Gasteiger partial charge in [-0.3, -0.25) is 0 Å². The van der Waals surface area contributed by atoms with Crippen molar-refractivity contribution >= 4 is 0 Å². The minimum atomic E-state index is -0.862. The van der Waals surface area contributed by atoms with Crippen LogP contribution in [0.2, 0.25) is 6.34 Å². The van der Waals surface area contributed by atoms with Gasteiger partial charge < -0.3 is 24.8 Å². The molecule has 0 aromatic carbocycles. The first kappa shape index (κ1) is 21.4. The van der Waals surface area contributed by atoms with E-state index >= 15 is 0 Å². The summed E-state index contributed by atoms with van der Waals surface area (Å²) in [6.07, 6.45) is 14.8. The molecule has 0 radical (unpaired) electrons. The summed E-state index contributed by atoms with van der Waals surface area (Å²) >= 11 is -0.862. The average Bonchev–Trinajstić information content (AvgIpc) is 2.83. The zero-order valence-electron chi connectivity index (χ0n) is 13.9. The third-order valence-electron chi connectivity index (χ3n) is 4.05. The van der Waals surface area contributed by atoms with Gasteiger partial charge in [-0.1, -0.05) is 0 Å². The van der Waals surface area contributed by atoms with Gasteiger partial charge in [0, 0.05) is 0 Å². The number of allylic oxidation sites excluding steroid dienone is 8. The number of hydrogen-bond donors (Lipinski definition) is 0. The summed E-state index contributed by atoms with van der Waals surface area (Å²) in [6, 6.07) is 0. The molecule has 0 aromatic rings. The van der Waals surface area contributed by atoms with Gasteiger partial charge in [-0.2, -0.15) is 0 Å². The topological polar surface area (TPSA) is 0 Å². The fourth-order valence-electron chi connectivity index (χ4n) is 2.88. The Kier molecular flexibility index (Phi) is 7.95. The van der Waals surface area contributed by atoms with Gasteiger partial charge in [0.1, 0.15) is 0 Å². The smallest absolute Gasteiger partial charge is 1.00 e. The fraction of sp³-hybridized carbons (Fsp3) is 0.556. The van der Waals surface area contributed by atoms with Crippen molar-refractivity contribution in [3.63, 3.8) is 0 Å². The van der Waals surface area contributed by atoms with Crippen molar-refractivity contribution in [3.8, 4) is 0 Å². The maximum Gasteiger partial charge on any atom is -1.00 e. The largest absolute Gasteiger partial charge is 1.00 e. The minimum absolute atomic E-state index is 0. The molecule has 2 rings (SSSR count). The second-order valence-corrected chi connectivity index (χ2v) is 15.6. The van der Waals surface area contributed by atoms with E-state index in [0.29, 0.717) is 18.2 Å². The van der Waals surface area contributed by atoms with Gasteiger partial charge in [0.05, 0.1) is 0 Å². The van der Waals surface area contributed by atoms with Crippen LogP contribution in [-0.4, -0.2) is 0 Å². The van der Waals surface area contributed by atoms with Gasteiger partial charge in [-0.25, -0.2) is 0 Å². The van der Waals surface area contributed by atoms with Gasteiger partial charge in [-0.15, -0.1) is 0 Å². The third-order valence-corrected chi connectivity index (χ3v) is 10.2. The van der Waals surface area contributed by atoms with Crippen LogP contribution in [0.3, 0.4) is 0 Å². The summed E-state index contributed by atoms with van der Waals surface area (Å²) in [5.41, 5.74) is 3.07. The molecular formula is C18H26Cl2Hf. The molecule has 0 nitrogen and oxygen atoms in total. The molecule has 2 atom stereocenters. The van der Waals surface area contributed by atoms with E-state index in [4.69, 9.17) is 0 Å². The van der Waals surface area contributed by atoms with Crippen molar-refractivity contribution in [2.45, 2.75) is 47.9 Å². The van der Waals surface area contributed by atoms with E-state index in [1.54, 1.807) is 0 Å². The normalized spacial score (nSPS) is 29.9. The van der Waals surface area contributed by atoms with Crippen LogP contribution in [-0.2, 0) is 22.9 Å². The summed E-state index contributed by atoms with van der Waals surface area (Å²) in [4.78, 5) is 0. The van der Waals surface area contributed by atoms with Crippen LogP contribution in [0.15, 0.2) is 47.6 Å². The van der Waals surface area contributed by atoms with Crippen LogP contribution in [0, 0.1) is 11.8 Å². The van der Waals surface area contributed by atoms with Gasteiger partial charge in [0.25, 0.3) is 0 Å². The maximum absolute atomic E-state index is 2.56. The van der Waals surface area contributed by atoms with Crippen LogP contribution in [0.1, 0.15) is 41.5 Å². The van der Waals surface area contributed by atoms with Crippen molar-refractivity contribution in [1.29, 1.82) is 0 Å². The molecule has 21 heavy (non-hydrogen) atoms. The van der Waals surface area contributed by atoms with E-state index in [2.05, 4.69) is 78.0 Å². The summed E-state index contributed by atoms with van der Waals surface area (Å²) < 4.78 is 0.809. The van der Waals surface area contributed by atoms with Crippen molar-refractivity contribution < 1.29 is 47.7 Å². The van der Waals surface area contributed by atoms with E-state index < -0.39 is 22.9 Å². The van der Waals surface area contributed by atoms with E-state index in [1.807, 2.05) is 0 Å². The minimum Gasteiger partial charge on any atom is -1.00 e. The summed E-state index contributed by atoms with van der Waals surface area (Å²) in [6.45, 7) is 14.1. The van der Waals surface area contributed by atoms with Crippen molar-refractivity contribution in [2.24, 2.45) is 11.8 Å². The molecule has 0 spiro atoms. The monoisotopic (exact) mass is 492 g/mol. The predicted molar refractivity (Wildman–Crippen MR) is 80.9 cm³/mol. The maximum atomic E-state index is 2.56. The molecule has 0 bridgehead atoms. The average molecular weight is 492 g/mol. The van der Waals surface area contributed by atoms with Crippen LogP contribution in [0.5, 0.6) is 0 Å². The SMILES string of the molecule is CC(C)C1=C[C](C)([Hf+2][C]2(C)C=CC(C(C)C)=C2)C=C1.[Cl-].[Cl-]. The Bertz CT molecular complexity index is 441. The molecule has 3 heteroatoms. The Morgan fingerprint density at radius 1 is 0.762 bits per heavy atom. The molecule has 0 saturated heterocycles. The van der Waals surface area contributed by atoms with E-state index in [0.717, 1.165) is 0 Å². The Labute approximate surface area is 154 Å². The fourth-order valence-corrected chi connectivity index (χ4v) is 9.96. The van der Waals surface area contributed by atoms with Crippen LogP contribution >= 0.6 is 0 Å². The second-order valence-electron chi connectivity index (χ2n) is 6.96. The molecule has 0 heterocycles. The Morgan fingerprint density at radius 3 is 1.33 bits per heavy atom. The Hall–Kier alpha value is 0.410. The molecule has 0 fully saturated rings. The molecule has 116 valence electrons. The van der Waals surface area contributed by atoms with Crippen LogP contribution in [0.25, 0.3) is 0 Å². The molecule has 0 aliphatic heterocycles. The number of halogens is 2. The number of hydrogen-bond acceptors (Lipinski definition) is 0. The van der Waals surface area contributed by atoms with E-state index in [-0.39, 0.29) is 24.8 Å². The van der Waals surface area contributed by atoms with Crippen molar-refractivity contribution in [1.82, 2.24) is 0 Å². The molecule has 0 aromatic heterocycles. The third kappa shape index (κ3) is 5.22. The molecule has 2 aliphatic carbocycles. The van der Waals surface area contributed by atoms with Crippen molar-refractivity contribution in [3.05, 3.63) is 47.6 Å². The van der Waals surface area contributed by atoms with E-state index in [1.165, 1.54) is 11.1 Å². The van der Waals surface area contributed by atoms with Gasteiger partial charge in [0.2, 0.25) is 0 Å². The molecule has 0 saturated carbocycles. The van der Waals surface area contributed by atoms with Crippen LogP contribution < -0.4 is 24.8 Å². The second kappa shape index (κ2) is 7.79. The summed E-state index contributed by atoms with van der Waals surface area (Å²) in [5.74, 6) is 1.32. The molecule has 0 amide bonds. The predicted octanol–water partition coefficient (Wildman–Crippen LogP) is -0.261. The quantitative estimate of drug-likeness (QED) is 0.476. The zero-order chi connectivity index (χ0) is 14.3. The molecular weight excluding hydrogens is 466 g/mol. The Morgan fingerprint density at radius 2 is 1.10 bits per heavy atom. The van der Waals surface area contributed by atoms with E-state index in [9.17, 15) is 0 Å². The first-order valence-corrected chi connectivity index (χ1v) is 11.0. The molecule has 0 N–H and O–H groups in total. The number of rotatable bonds is 4. The van der Waals surface area contributed by atoms with Gasteiger partial charge in [-0.05, 0) is 0 Å². The Balaban J connectivity index is 0.00000200. The zero-order valence-corrected chi connectivity index (χ0v) is 19.0. The van der Waals surface area contributed by atoms with Gasteiger partial charge >= 0.3 is 130 Å². The molecule has 2 aliphatic rings. The van der Waals surface area contributed by atoms with Crippen LogP contribution in [0.4, 0.5) is 0 Å². The first-order chi connectivity index (χ1) is 8.73.